The molecule has 0 saturated carbocycles. The lowest BCUT2D eigenvalue weighted by Gasteiger charge is -2.14. The Labute approximate surface area is 182 Å². The zero-order chi connectivity index (χ0) is 25.2. The standard InChI is InChI=1S/C20H16F4N2O4S/c1-29-10-5-3-4-9(6-10)13-14(21)16(23)18(17(24)15(13)22)25-19(27)11-7-31-8-12(11)20(28)26-30-2/h3-6H,7-8H2,1-2H3,(H,25,27)(H,26,28)/i1D3. The van der Waals surface area contributed by atoms with Gasteiger partial charge in [0.25, 0.3) is 11.8 Å². The van der Waals surface area contributed by atoms with Crippen molar-refractivity contribution in [2.45, 2.75) is 0 Å². The van der Waals surface area contributed by atoms with E-state index in [1.807, 2.05) is 5.48 Å². The molecule has 3 rings (SSSR count). The molecule has 0 unspecified atom stereocenters. The Bertz CT molecular complexity index is 1160. The van der Waals surface area contributed by atoms with Crippen LogP contribution in [0.15, 0.2) is 35.4 Å². The predicted octanol–water partition coefficient (Wildman–Crippen LogP) is 3.58. The van der Waals surface area contributed by atoms with E-state index in [1.165, 1.54) is 19.2 Å². The van der Waals surface area contributed by atoms with Crippen LogP contribution in [-0.2, 0) is 14.4 Å². The Kier molecular flexibility index (Phi) is 5.67. The average Bonchev–Trinajstić information content (AvgIpc) is 3.25. The third kappa shape index (κ3) is 4.37. The minimum atomic E-state index is -2.87. The van der Waals surface area contributed by atoms with Gasteiger partial charge in [0, 0.05) is 22.7 Å². The molecule has 1 heterocycles. The molecule has 0 bridgehead atoms. The molecule has 31 heavy (non-hydrogen) atoms. The first kappa shape index (κ1) is 18.7. The highest BCUT2D eigenvalue weighted by Crippen LogP contribution is 2.36. The SMILES string of the molecule is [2H]C([2H])([2H])Oc1cccc(-c2c(F)c(F)c(NC(=O)C3=C(C(=O)NOC)CSC3)c(F)c2F)c1. The molecule has 2 aromatic carbocycles. The number of halogens is 4. The summed E-state index contributed by atoms with van der Waals surface area (Å²) in [6.07, 6.45) is 0. The first-order valence-corrected chi connectivity index (χ1v) is 9.70. The van der Waals surface area contributed by atoms with Crippen molar-refractivity contribution in [3.05, 3.63) is 58.7 Å². The largest absolute Gasteiger partial charge is 0.497 e. The number of ether oxygens (including phenoxy) is 1. The number of anilines is 1. The van der Waals surface area contributed by atoms with Crippen LogP contribution in [-0.4, -0.2) is 37.5 Å². The van der Waals surface area contributed by atoms with Gasteiger partial charge >= 0.3 is 0 Å². The molecule has 2 amide bonds. The highest BCUT2D eigenvalue weighted by Gasteiger charge is 2.31. The fourth-order valence-corrected chi connectivity index (χ4v) is 4.01. The first-order valence-electron chi connectivity index (χ1n) is 10.0. The summed E-state index contributed by atoms with van der Waals surface area (Å²) in [6.45, 7) is 0. The fourth-order valence-electron chi connectivity index (χ4n) is 2.89. The molecule has 164 valence electrons. The van der Waals surface area contributed by atoms with E-state index < -0.39 is 58.9 Å². The van der Waals surface area contributed by atoms with Crippen LogP contribution in [0.3, 0.4) is 0 Å². The van der Waals surface area contributed by atoms with Gasteiger partial charge in [-0.05, 0) is 17.7 Å². The van der Waals surface area contributed by atoms with E-state index in [9.17, 15) is 27.2 Å². The summed E-state index contributed by atoms with van der Waals surface area (Å²) in [6, 6.07) is 4.34. The highest BCUT2D eigenvalue weighted by molar-refractivity contribution is 8.00. The average molecular weight is 459 g/mol. The van der Waals surface area contributed by atoms with Crippen LogP contribution in [0.2, 0.25) is 0 Å². The van der Waals surface area contributed by atoms with Gasteiger partial charge in [-0.25, -0.2) is 23.0 Å². The van der Waals surface area contributed by atoms with E-state index >= 15 is 0 Å². The van der Waals surface area contributed by atoms with Crippen molar-refractivity contribution in [3.8, 4) is 16.9 Å². The molecule has 2 N–H and O–H groups in total. The Morgan fingerprint density at radius 2 is 1.68 bits per heavy atom. The molecule has 0 fully saturated rings. The van der Waals surface area contributed by atoms with Gasteiger partial charge in [0.05, 0.1) is 23.8 Å². The summed E-state index contributed by atoms with van der Waals surface area (Å²) in [5, 5.41) is 1.79. The number of benzene rings is 2. The second kappa shape index (κ2) is 9.40. The molecule has 0 aromatic heterocycles. The van der Waals surface area contributed by atoms with E-state index in [-0.39, 0.29) is 28.4 Å². The third-order valence-electron chi connectivity index (χ3n) is 4.34. The topological polar surface area (TPSA) is 76.7 Å². The molecule has 2 aromatic rings. The van der Waals surface area contributed by atoms with Crippen molar-refractivity contribution < 1.29 is 40.8 Å². The Morgan fingerprint density at radius 1 is 1.03 bits per heavy atom. The van der Waals surface area contributed by atoms with Crippen molar-refractivity contribution in [1.29, 1.82) is 0 Å². The maximum absolute atomic E-state index is 14.8. The Balaban J connectivity index is 1.99. The van der Waals surface area contributed by atoms with E-state index in [0.29, 0.717) is 0 Å². The normalized spacial score (nSPS) is 15.2. The van der Waals surface area contributed by atoms with Crippen LogP contribution in [0.4, 0.5) is 23.2 Å². The third-order valence-corrected chi connectivity index (χ3v) is 5.33. The summed E-state index contributed by atoms with van der Waals surface area (Å²) >= 11 is 1.16. The van der Waals surface area contributed by atoms with Gasteiger partial charge in [-0.2, -0.15) is 11.8 Å². The Hall–Kier alpha value is -3.05. The number of rotatable bonds is 6. The van der Waals surface area contributed by atoms with Gasteiger partial charge in [0.15, 0.2) is 23.3 Å². The molecule has 11 heteroatoms. The lowest BCUT2D eigenvalue weighted by Crippen LogP contribution is -2.27. The van der Waals surface area contributed by atoms with Gasteiger partial charge in [-0.3, -0.25) is 14.4 Å². The van der Waals surface area contributed by atoms with Crippen molar-refractivity contribution in [2.24, 2.45) is 0 Å². The Morgan fingerprint density at radius 3 is 2.29 bits per heavy atom. The van der Waals surface area contributed by atoms with Gasteiger partial charge in [0.1, 0.15) is 11.4 Å². The summed E-state index contributed by atoms with van der Waals surface area (Å²) in [4.78, 5) is 29.0. The molecule has 6 nitrogen and oxygen atoms in total. The second-order valence-electron chi connectivity index (χ2n) is 6.18. The quantitative estimate of drug-likeness (QED) is 0.392. The smallest absolute Gasteiger partial charge is 0.272 e. The van der Waals surface area contributed by atoms with E-state index in [1.54, 1.807) is 5.32 Å². The highest BCUT2D eigenvalue weighted by atomic mass is 32.2. The van der Waals surface area contributed by atoms with E-state index in [4.69, 9.17) is 4.11 Å². The summed E-state index contributed by atoms with van der Waals surface area (Å²) in [5.74, 6) is -9.49. The molecule has 0 radical (unpaired) electrons. The van der Waals surface area contributed by atoms with Gasteiger partial charge in [-0.15, -0.1) is 0 Å². The van der Waals surface area contributed by atoms with Crippen molar-refractivity contribution in [2.75, 3.05) is 31.0 Å². The second-order valence-corrected chi connectivity index (χ2v) is 7.16. The first-order chi connectivity index (χ1) is 15.9. The van der Waals surface area contributed by atoms with Gasteiger partial charge in [0.2, 0.25) is 0 Å². The number of thioether (sulfide) groups is 1. The van der Waals surface area contributed by atoms with Gasteiger partial charge in [-0.1, -0.05) is 12.1 Å². The van der Waals surface area contributed by atoms with E-state index in [0.717, 1.165) is 23.9 Å². The number of methoxy groups -OCH3 is 1. The molecule has 0 atom stereocenters. The zero-order valence-corrected chi connectivity index (χ0v) is 16.6. The van der Waals surface area contributed by atoms with Crippen LogP contribution >= 0.6 is 11.8 Å². The molecule has 0 spiro atoms. The lowest BCUT2D eigenvalue weighted by molar-refractivity contribution is -0.127. The number of hydroxylamine groups is 1. The van der Waals surface area contributed by atoms with Crippen molar-refractivity contribution in [1.82, 2.24) is 5.48 Å². The predicted molar refractivity (Wildman–Crippen MR) is 106 cm³/mol. The monoisotopic (exact) mass is 459 g/mol. The van der Waals surface area contributed by atoms with Crippen LogP contribution in [0.25, 0.3) is 11.1 Å². The number of carbonyl (C=O) groups is 2. The van der Waals surface area contributed by atoms with Crippen molar-refractivity contribution in [3.63, 3.8) is 0 Å². The van der Waals surface area contributed by atoms with Crippen LogP contribution < -0.4 is 15.5 Å². The zero-order valence-electron chi connectivity index (χ0n) is 18.8. The molecular formula is C20H16F4N2O4S. The molecule has 1 aliphatic rings. The summed E-state index contributed by atoms with van der Waals surface area (Å²) in [5.41, 5.74) is -1.05. The number of carbonyl (C=O) groups excluding carboxylic acids is 2. The molecular weight excluding hydrogens is 440 g/mol. The molecule has 1 aliphatic heterocycles. The minimum Gasteiger partial charge on any atom is -0.497 e. The number of hydrogen-bond donors (Lipinski definition) is 2. The van der Waals surface area contributed by atoms with E-state index in [2.05, 4.69) is 9.57 Å². The summed E-state index contributed by atoms with van der Waals surface area (Å²) < 4.78 is 85.0. The number of amides is 2. The van der Waals surface area contributed by atoms with Gasteiger partial charge < -0.3 is 10.1 Å². The number of nitrogens with one attached hydrogen (secondary N) is 2. The fraction of sp³-hybridized carbons (Fsp3) is 0.200. The minimum absolute atomic E-state index is 0.0148. The summed E-state index contributed by atoms with van der Waals surface area (Å²) in [7, 11) is -1.70. The maximum Gasteiger partial charge on any atom is 0.272 e. The van der Waals surface area contributed by atoms with Crippen molar-refractivity contribution >= 4 is 29.3 Å². The lowest BCUT2D eigenvalue weighted by atomic mass is 10.0. The molecule has 0 saturated heterocycles. The maximum atomic E-state index is 14.8. The van der Waals surface area contributed by atoms with Crippen LogP contribution in [0.5, 0.6) is 5.75 Å². The van der Waals surface area contributed by atoms with Crippen LogP contribution in [0.1, 0.15) is 4.11 Å². The van der Waals surface area contributed by atoms with Crippen LogP contribution in [0, 0.1) is 23.3 Å². The molecule has 0 aliphatic carbocycles. The number of hydrogen-bond acceptors (Lipinski definition) is 5.